The van der Waals surface area contributed by atoms with Crippen LogP contribution in [0, 0.1) is 0 Å². The molecule has 2 rings (SSSR count). The van der Waals surface area contributed by atoms with Gasteiger partial charge in [-0.1, -0.05) is 6.07 Å². The van der Waals surface area contributed by atoms with Gasteiger partial charge in [-0.15, -0.1) is 0 Å². The lowest BCUT2D eigenvalue weighted by Crippen LogP contribution is -2.41. The summed E-state index contributed by atoms with van der Waals surface area (Å²) in [6, 6.07) is 6.45. The SMILES string of the molecule is CC(CC(=O)OCCOCCOCCOCCO)NC(=O)CNC(=O)c1cccc(NC2N=CCCN2)c1. The number of benzene rings is 1. The monoisotopic (exact) mass is 537 g/mol. The predicted molar refractivity (Wildman–Crippen MR) is 140 cm³/mol. The van der Waals surface area contributed by atoms with Crippen molar-refractivity contribution in [2.75, 3.05) is 71.3 Å². The number of hydrogen-bond donors (Lipinski definition) is 5. The number of rotatable bonds is 19. The lowest BCUT2D eigenvalue weighted by atomic mass is 10.2. The Hall–Kier alpha value is -3.10. The van der Waals surface area contributed by atoms with E-state index in [0.717, 1.165) is 18.7 Å². The maximum atomic E-state index is 12.5. The molecule has 38 heavy (non-hydrogen) atoms. The first-order valence-electron chi connectivity index (χ1n) is 12.7. The van der Waals surface area contributed by atoms with Crippen LogP contribution in [0.1, 0.15) is 30.1 Å². The summed E-state index contributed by atoms with van der Waals surface area (Å²) in [6.45, 7) is 4.39. The third-order valence-corrected chi connectivity index (χ3v) is 5.05. The Morgan fingerprint density at radius 1 is 1.08 bits per heavy atom. The van der Waals surface area contributed by atoms with E-state index in [1.807, 2.05) is 12.3 Å². The number of carbonyl (C=O) groups is 3. The molecule has 0 aliphatic carbocycles. The molecule has 1 aliphatic heterocycles. The molecule has 0 radical (unpaired) electrons. The Balaban J connectivity index is 1.54. The number of aliphatic hydroxyl groups excluding tert-OH is 1. The molecule has 13 heteroatoms. The largest absolute Gasteiger partial charge is 0.463 e. The van der Waals surface area contributed by atoms with Gasteiger partial charge in [-0.25, -0.2) is 0 Å². The van der Waals surface area contributed by atoms with Gasteiger partial charge in [0.05, 0.1) is 59.2 Å². The van der Waals surface area contributed by atoms with Crippen LogP contribution in [0.2, 0.25) is 0 Å². The number of carbonyl (C=O) groups excluding carboxylic acids is 3. The minimum absolute atomic E-state index is 0.0119. The molecule has 0 saturated carbocycles. The van der Waals surface area contributed by atoms with Crippen molar-refractivity contribution in [3.63, 3.8) is 0 Å². The second-order valence-electron chi connectivity index (χ2n) is 8.34. The normalized spacial score (nSPS) is 15.5. The smallest absolute Gasteiger partial charge is 0.307 e. The van der Waals surface area contributed by atoms with Crippen LogP contribution in [0.15, 0.2) is 29.3 Å². The summed E-state index contributed by atoms with van der Waals surface area (Å²) >= 11 is 0. The zero-order chi connectivity index (χ0) is 27.4. The Bertz CT molecular complexity index is 885. The highest BCUT2D eigenvalue weighted by atomic mass is 16.6. The molecule has 2 atom stereocenters. The summed E-state index contributed by atoms with van der Waals surface area (Å²) in [6.07, 6.45) is 2.46. The molecule has 0 saturated heterocycles. The first kappa shape index (κ1) is 31.1. The fourth-order valence-corrected chi connectivity index (χ4v) is 3.28. The van der Waals surface area contributed by atoms with Crippen LogP contribution in [0.25, 0.3) is 0 Å². The average Bonchev–Trinajstić information content (AvgIpc) is 2.91. The van der Waals surface area contributed by atoms with Gasteiger partial charge in [0.15, 0.2) is 6.29 Å². The minimum Gasteiger partial charge on any atom is -0.463 e. The van der Waals surface area contributed by atoms with Crippen LogP contribution >= 0.6 is 0 Å². The first-order chi connectivity index (χ1) is 18.5. The highest BCUT2D eigenvalue weighted by molar-refractivity contribution is 5.97. The molecule has 0 aromatic heterocycles. The molecule has 0 spiro atoms. The molecule has 13 nitrogen and oxygen atoms in total. The third-order valence-electron chi connectivity index (χ3n) is 5.05. The standard InChI is InChI=1S/C25H39N5O8/c1-19(16-23(33)38-15-14-37-13-12-36-11-10-35-9-8-31)29-22(32)18-28-24(34)20-4-2-5-21(17-20)30-25-26-6-3-7-27-25/h2,4-6,17,19,25,27,30-31H,3,7-16,18H2,1H3,(H,28,34)(H,29,32). The molecular weight excluding hydrogens is 498 g/mol. The third kappa shape index (κ3) is 14.0. The number of aliphatic imine (C=N–C) groups is 1. The Morgan fingerprint density at radius 2 is 1.79 bits per heavy atom. The van der Waals surface area contributed by atoms with Crippen molar-refractivity contribution in [1.29, 1.82) is 0 Å². The molecule has 1 aromatic carbocycles. The quantitative estimate of drug-likeness (QED) is 0.116. The van der Waals surface area contributed by atoms with Gasteiger partial charge < -0.3 is 40.0 Å². The number of esters is 1. The van der Waals surface area contributed by atoms with Gasteiger partial charge in [-0.2, -0.15) is 0 Å². The fourth-order valence-electron chi connectivity index (χ4n) is 3.28. The Labute approximate surface area is 222 Å². The van der Waals surface area contributed by atoms with E-state index in [-0.39, 0.29) is 45.7 Å². The number of hydrogen-bond acceptors (Lipinski definition) is 11. The number of ether oxygens (including phenoxy) is 4. The van der Waals surface area contributed by atoms with Gasteiger partial charge in [0, 0.05) is 30.1 Å². The van der Waals surface area contributed by atoms with Crippen molar-refractivity contribution < 1.29 is 38.4 Å². The lowest BCUT2D eigenvalue weighted by molar-refractivity contribution is -0.145. The van der Waals surface area contributed by atoms with E-state index in [2.05, 4.69) is 26.3 Å². The van der Waals surface area contributed by atoms with E-state index in [0.29, 0.717) is 32.0 Å². The highest BCUT2D eigenvalue weighted by Gasteiger charge is 2.15. The second kappa shape index (κ2) is 19.0. The summed E-state index contributed by atoms with van der Waals surface area (Å²) in [4.78, 5) is 40.9. The summed E-state index contributed by atoms with van der Waals surface area (Å²) in [5.74, 6) is -1.28. The molecule has 1 aromatic rings. The maximum Gasteiger partial charge on any atom is 0.307 e. The number of amides is 2. The maximum absolute atomic E-state index is 12.5. The number of aliphatic hydroxyl groups is 1. The van der Waals surface area contributed by atoms with Crippen LogP contribution in [0.4, 0.5) is 5.69 Å². The Morgan fingerprint density at radius 3 is 2.47 bits per heavy atom. The summed E-state index contributed by atoms with van der Waals surface area (Å²) < 4.78 is 20.7. The van der Waals surface area contributed by atoms with Gasteiger partial charge >= 0.3 is 5.97 Å². The van der Waals surface area contributed by atoms with E-state index in [1.165, 1.54) is 0 Å². The summed E-state index contributed by atoms with van der Waals surface area (Å²) in [5, 5.41) is 20.2. The summed E-state index contributed by atoms with van der Waals surface area (Å²) in [7, 11) is 0. The molecule has 1 aliphatic rings. The van der Waals surface area contributed by atoms with Crippen LogP contribution in [0.5, 0.6) is 0 Å². The number of nitrogens with zero attached hydrogens (tertiary/aromatic N) is 1. The molecule has 2 amide bonds. The predicted octanol–water partition coefficient (Wildman–Crippen LogP) is -0.344. The van der Waals surface area contributed by atoms with E-state index in [9.17, 15) is 14.4 Å². The van der Waals surface area contributed by atoms with Crippen LogP contribution in [0.3, 0.4) is 0 Å². The second-order valence-corrected chi connectivity index (χ2v) is 8.34. The van der Waals surface area contributed by atoms with E-state index >= 15 is 0 Å². The minimum atomic E-state index is -0.469. The number of nitrogens with one attached hydrogen (secondary N) is 4. The van der Waals surface area contributed by atoms with Crippen molar-refractivity contribution in [3.8, 4) is 0 Å². The van der Waals surface area contributed by atoms with Crippen molar-refractivity contribution >= 4 is 29.7 Å². The zero-order valence-electron chi connectivity index (χ0n) is 21.8. The highest BCUT2D eigenvalue weighted by Crippen LogP contribution is 2.12. The molecular formula is C25H39N5O8. The van der Waals surface area contributed by atoms with Gasteiger partial charge in [0.2, 0.25) is 5.91 Å². The fraction of sp³-hybridized carbons (Fsp3) is 0.600. The van der Waals surface area contributed by atoms with Crippen molar-refractivity contribution in [3.05, 3.63) is 29.8 Å². The number of anilines is 1. The first-order valence-corrected chi connectivity index (χ1v) is 12.7. The van der Waals surface area contributed by atoms with Gasteiger partial charge in [0.1, 0.15) is 6.61 Å². The van der Waals surface area contributed by atoms with Gasteiger partial charge in [-0.3, -0.25) is 24.7 Å². The zero-order valence-corrected chi connectivity index (χ0v) is 21.8. The molecule has 212 valence electrons. The molecule has 0 bridgehead atoms. The van der Waals surface area contributed by atoms with Gasteiger partial charge in [-0.05, 0) is 31.5 Å². The van der Waals surface area contributed by atoms with E-state index in [4.69, 9.17) is 24.1 Å². The molecule has 1 heterocycles. The van der Waals surface area contributed by atoms with Crippen molar-refractivity contribution in [2.45, 2.75) is 32.1 Å². The molecule has 0 fully saturated rings. The molecule has 5 N–H and O–H groups in total. The van der Waals surface area contributed by atoms with Crippen molar-refractivity contribution in [1.82, 2.24) is 16.0 Å². The topological polar surface area (TPSA) is 169 Å². The van der Waals surface area contributed by atoms with Crippen molar-refractivity contribution in [2.24, 2.45) is 4.99 Å². The van der Waals surface area contributed by atoms with Gasteiger partial charge in [0.25, 0.3) is 5.91 Å². The van der Waals surface area contributed by atoms with E-state index in [1.54, 1.807) is 25.1 Å². The van der Waals surface area contributed by atoms with Crippen LogP contribution < -0.4 is 21.3 Å². The lowest BCUT2D eigenvalue weighted by Gasteiger charge is -2.20. The van der Waals surface area contributed by atoms with Crippen LogP contribution in [-0.4, -0.2) is 107 Å². The Kier molecular flexibility index (Phi) is 15.6. The average molecular weight is 538 g/mol. The van der Waals surface area contributed by atoms with E-state index < -0.39 is 23.8 Å². The summed E-state index contributed by atoms with van der Waals surface area (Å²) in [5.41, 5.74) is 1.13. The molecule has 2 unspecified atom stereocenters. The van der Waals surface area contributed by atoms with Crippen LogP contribution in [-0.2, 0) is 28.5 Å².